The highest BCUT2D eigenvalue weighted by atomic mass is 16.4. The van der Waals surface area contributed by atoms with Crippen molar-refractivity contribution in [2.24, 2.45) is 7.05 Å². The van der Waals surface area contributed by atoms with E-state index >= 15 is 0 Å². The van der Waals surface area contributed by atoms with Crippen molar-refractivity contribution in [3.8, 4) is 5.69 Å². The molecule has 0 amide bonds. The average molecular weight is 246 g/mol. The third-order valence-electron chi connectivity index (χ3n) is 2.55. The Morgan fingerprint density at radius 2 is 1.72 bits per heavy atom. The van der Waals surface area contributed by atoms with Crippen molar-refractivity contribution >= 4 is 11.8 Å². The van der Waals surface area contributed by atoms with Crippen molar-refractivity contribution in [1.29, 1.82) is 0 Å². The van der Waals surface area contributed by atoms with Gasteiger partial charge in [0.05, 0.1) is 5.69 Å². The van der Waals surface area contributed by atoms with Crippen LogP contribution in [0, 0.1) is 0 Å². The molecular weight excluding hydrogens is 236 g/mol. The first-order valence-corrected chi connectivity index (χ1v) is 5.13. The zero-order valence-corrected chi connectivity index (χ0v) is 9.53. The summed E-state index contributed by atoms with van der Waals surface area (Å²) in [6, 6.07) is 5.81. The minimum atomic E-state index is -1.50. The molecule has 92 valence electrons. The van der Waals surface area contributed by atoms with E-state index in [1.165, 1.54) is 33.4 Å². The van der Waals surface area contributed by atoms with E-state index in [9.17, 15) is 14.4 Å². The Hall–Kier alpha value is -2.63. The van der Waals surface area contributed by atoms with Crippen LogP contribution < -0.4 is 5.69 Å². The van der Waals surface area contributed by atoms with Crippen LogP contribution in [0.15, 0.2) is 41.5 Å². The number of carboxylic acid groups (broad SMARTS) is 1. The van der Waals surface area contributed by atoms with Crippen LogP contribution >= 0.6 is 0 Å². The predicted molar refractivity (Wildman–Crippen MR) is 63.0 cm³/mol. The van der Waals surface area contributed by atoms with Crippen LogP contribution in [0.25, 0.3) is 5.69 Å². The van der Waals surface area contributed by atoms with Crippen molar-refractivity contribution in [3.63, 3.8) is 0 Å². The Bertz CT molecular complexity index is 664. The predicted octanol–water partition coefficient (Wildman–Crippen LogP) is 0.443. The number of aryl methyl sites for hydroxylation is 1. The number of hydrogen-bond acceptors (Lipinski definition) is 3. The van der Waals surface area contributed by atoms with Gasteiger partial charge in [0.15, 0.2) is 0 Å². The molecule has 1 aromatic heterocycles. The van der Waals surface area contributed by atoms with Crippen LogP contribution in [0.2, 0.25) is 0 Å². The lowest BCUT2D eigenvalue weighted by Crippen LogP contribution is -2.20. The number of aromatic nitrogens is 2. The molecule has 0 saturated carbocycles. The number of carbonyl (C=O) groups excluding carboxylic acids is 1. The number of aliphatic carboxylic acids is 1. The molecule has 0 aliphatic carbocycles. The molecule has 1 N–H and O–H groups in total. The van der Waals surface area contributed by atoms with Gasteiger partial charge in [0.25, 0.3) is 5.78 Å². The SMILES string of the molecule is Cn1ccn(-c2ccc(C(=O)C(=O)O)cc2)c1=O. The number of benzene rings is 1. The normalized spacial score (nSPS) is 10.3. The lowest BCUT2D eigenvalue weighted by atomic mass is 10.1. The summed E-state index contributed by atoms with van der Waals surface area (Å²) in [7, 11) is 1.63. The number of carbonyl (C=O) groups is 2. The summed E-state index contributed by atoms with van der Waals surface area (Å²) in [4.78, 5) is 33.4. The fourth-order valence-corrected chi connectivity index (χ4v) is 1.56. The molecule has 1 heterocycles. The Morgan fingerprint density at radius 3 is 2.17 bits per heavy atom. The molecule has 2 aromatic rings. The second-order valence-electron chi connectivity index (χ2n) is 3.74. The van der Waals surface area contributed by atoms with Gasteiger partial charge in [-0.3, -0.25) is 9.36 Å². The largest absolute Gasteiger partial charge is 0.475 e. The van der Waals surface area contributed by atoms with Crippen molar-refractivity contribution in [3.05, 3.63) is 52.7 Å². The molecule has 0 spiro atoms. The lowest BCUT2D eigenvalue weighted by Gasteiger charge is -2.02. The standard InChI is InChI=1S/C12H10N2O4/c1-13-6-7-14(12(13)18)9-4-2-8(3-5-9)10(15)11(16)17/h2-7H,1H3,(H,16,17). The summed E-state index contributed by atoms with van der Waals surface area (Å²) in [5, 5.41) is 8.56. The van der Waals surface area contributed by atoms with Gasteiger partial charge in [-0.05, 0) is 24.3 Å². The van der Waals surface area contributed by atoms with Gasteiger partial charge in [-0.1, -0.05) is 0 Å². The second-order valence-corrected chi connectivity index (χ2v) is 3.74. The lowest BCUT2D eigenvalue weighted by molar-refractivity contribution is -0.131. The highest BCUT2D eigenvalue weighted by Crippen LogP contribution is 2.08. The van der Waals surface area contributed by atoms with Crippen LogP contribution in [0.3, 0.4) is 0 Å². The molecule has 6 nitrogen and oxygen atoms in total. The minimum Gasteiger partial charge on any atom is -0.475 e. The van der Waals surface area contributed by atoms with Gasteiger partial charge < -0.3 is 9.67 Å². The van der Waals surface area contributed by atoms with Crippen molar-refractivity contribution < 1.29 is 14.7 Å². The van der Waals surface area contributed by atoms with E-state index in [0.717, 1.165) is 0 Å². The maximum absolute atomic E-state index is 11.7. The van der Waals surface area contributed by atoms with E-state index in [1.54, 1.807) is 19.4 Å². The zero-order chi connectivity index (χ0) is 13.3. The molecular formula is C12H10N2O4. The Balaban J connectivity index is 2.39. The molecule has 0 unspecified atom stereocenters. The van der Waals surface area contributed by atoms with Crippen molar-refractivity contribution in [1.82, 2.24) is 9.13 Å². The summed E-state index contributed by atoms with van der Waals surface area (Å²) in [5.74, 6) is -2.47. The quantitative estimate of drug-likeness (QED) is 0.629. The second kappa shape index (κ2) is 4.33. The van der Waals surface area contributed by atoms with Crippen molar-refractivity contribution in [2.75, 3.05) is 0 Å². The van der Waals surface area contributed by atoms with Crippen molar-refractivity contribution in [2.45, 2.75) is 0 Å². The molecule has 6 heteroatoms. The minimum absolute atomic E-state index is 0.0789. The van der Waals surface area contributed by atoms with Gasteiger partial charge in [0.1, 0.15) is 0 Å². The summed E-state index contributed by atoms with van der Waals surface area (Å²) in [6.07, 6.45) is 3.20. The number of ketones is 1. The summed E-state index contributed by atoms with van der Waals surface area (Å²) in [6.45, 7) is 0. The summed E-state index contributed by atoms with van der Waals surface area (Å²) < 4.78 is 2.81. The average Bonchev–Trinajstić information content (AvgIpc) is 2.69. The molecule has 2 rings (SSSR count). The Kier molecular flexibility index (Phi) is 2.85. The molecule has 0 bridgehead atoms. The number of carboxylic acids is 1. The molecule has 18 heavy (non-hydrogen) atoms. The van der Waals surface area contributed by atoms with Crippen LogP contribution in [0.4, 0.5) is 0 Å². The van der Waals surface area contributed by atoms with Crippen LogP contribution in [0.1, 0.15) is 10.4 Å². The number of nitrogens with zero attached hydrogens (tertiary/aromatic N) is 2. The van der Waals surface area contributed by atoms with Gasteiger partial charge in [-0.25, -0.2) is 9.59 Å². The van der Waals surface area contributed by atoms with E-state index in [4.69, 9.17) is 5.11 Å². The molecule has 0 atom stereocenters. The fraction of sp³-hybridized carbons (Fsp3) is 0.0833. The monoisotopic (exact) mass is 246 g/mol. The molecule has 1 aromatic carbocycles. The van der Waals surface area contributed by atoms with Gasteiger partial charge in [-0.2, -0.15) is 0 Å². The van der Waals surface area contributed by atoms with Gasteiger partial charge >= 0.3 is 11.7 Å². The molecule has 0 saturated heterocycles. The fourth-order valence-electron chi connectivity index (χ4n) is 1.56. The first-order chi connectivity index (χ1) is 8.50. The molecule has 0 aliphatic heterocycles. The van der Waals surface area contributed by atoms with Gasteiger partial charge in [0.2, 0.25) is 0 Å². The van der Waals surface area contributed by atoms with Crippen LogP contribution in [-0.4, -0.2) is 26.0 Å². The number of rotatable bonds is 3. The highest BCUT2D eigenvalue weighted by molar-refractivity contribution is 6.39. The van der Waals surface area contributed by atoms with Crippen LogP contribution in [-0.2, 0) is 11.8 Å². The highest BCUT2D eigenvalue weighted by Gasteiger charge is 2.14. The zero-order valence-electron chi connectivity index (χ0n) is 9.53. The van der Waals surface area contributed by atoms with E-state index < -0.39 is 11.8 Å². The van der Waals surface area contributed by atoms with Gasteiger partial charge in [0, 0.05) is 25.0 Å². The van der Waals surface area contributed by atoms with Gasteiger partial charge in [-0.15, -0.1) is 0 Å². The molecule has 0 aliphatic rings. The molecule has 0 radical (unpaired) electrons. The van der Waals surface area contributed by atoms with E-state index in [0.29, 0.717) is 5.69 Å². The topological polar surface area (TPSA) is 81.3 Å². The summed E-state index contributed by atoms with van der Waals surface area (Å²) >= 11 is 0. The maximum atomic E-state index is 11.7. The van der Waals surface area contributed by atoms with E-state index in [1.807, 2.05) is 0 Å². The third kappa shape index (κ3) is 1.95. The number of hydrogen-bond donors (Lipinski definition) is 1. The first-order valence-electron chi connectivity index (χ1n) is 5.13. The number of Topliss-reactive ketones (excluding diaryl/α,β-unsaturated/α-hetero) is 1. The van der Waals surface area contributed by atoms with Crippen LogP contribution in [0.5, 0.6) is 0 Å². The van der Waals surface area contributed by atoms with E-state index in [-0.39, 0.29) is 11.3 Å². The smallest absolute Gasteiger partial charge is 0.377 e. The van der Waals surface area contributed by atoms with E-state index in [2.05, 4.69) is 0 Å². The summed E-state index contributed by atoms with van der Waals surface area (Å²) in [5.41, 5.74) is 0.435. The first kappa shape index (κ1) is 11.8. The third-order valence-corrected chi connectivity index (χ3v) is 2.55. The number of imidazole rings is 1. The molecule has 0 fully saturated rings. The Morgan fingerprint density at radius 1 is 1.11 bits per heavy atom. The Labute approximate surface area is 102 Å². The maximum Gasteiger partial charge on any atom is 0.377 e.